The third-order valence-electron chi connectivity index (χ3n) is 3.43. The highest BCUT2D eigenvalue weighted by molar-refractivity contribution is 5.82. The van der Waals surface area contributed by atoms with E-state index >= 15 is 0 Å². The molecule has 1 aliphatic heterocycles. The summed E-state index contributed by atoms with van der Waals surface area (Å²) in [4.78, 5) is 14.2. The molecule has 4 heteroatoms. The molecule has 100 valence electrons. The predicted octanol–water partition coefficient (Wildman–Crippen LogP) is 1.24. The molecule has 2 atom stereocenters. The van der Waals surface area contributed by atoms with Gasteiger partial charge in [0, 0.05) is 20.2 Å². The Balaban J connectivity index is 2.57. The van der Waals surface area contributed by atoms with Crippen LogP contribution < -0.4 is 5.73 Å². The highest BCUT2D eigenvalue weighted by Crippen LogP contribution is 2.22. The van der Waals surface area contributed by atoms with Crippen LogP contribution in [0.1, 0.15) is 33.6 Å². The minimum absolute atomic E-state index is 0.0818. The predicted molar refractivity (Wildman–Crippen MR) is 68.6 cm³/mol. The normalized spacial score (nSPS) is 23.6. The molecule has 1 saturated heterocycles. The molecule has 1 aliphatic rings. The summed E-state index contributed by atoms with van der Waals surface area (Å²) in [6.45, 7) is 8.37. The van der Waals surface area contributed by atoms with Crippen LogP contribution in [0.25, 0.3) is 0 Å². The van der Waals surface area contributed by atoms with Crippen LogP contribution in [0.2, 0.25) is 0 Å². The van der Waals surface area contributed by atoms with Crippen molar-refractivity contribution in [3.63, 3.8) is 0 Å². The SMILES string of the molecule is COC[C@H]1CCCN(C(=O)[C@@H](N)C(C)(C)C)C1. The molecule has 0 bridgehead atoms. The van der Waals surface area contributed by atoms with Gasteiger partial charge in [-0.1, -0.05) is 20.8 Å². The topological polar surface area (TPSA) is 55.6 Å². The van der Waals surface area contributed by atoms with Crippen LogP contribution >= 0.6 is 0 Å². The average Bonchev–Trinajstić information content (AvgIpc) is 2.27. The lowest BCUT2D eigenvalue weighted by atomic mass is 9.86. The largest absolute Gasteiger partial charge is 0.384 e. The standard InChI is InChI=1S/C13H26N2O2/c1-13(2,3)11(14)12(16)15-7-5-6-10(8-15)9-17-4/h10-11H,5-9,14H2,1-4H3/t10-,11+/m0/s1. The zero-order valence-electron chi connectivity index (χ0n) is 11.5. The number of nitrogens with two attached hydrogens (primary N) is 1. The van der Waals surface area contributed by atoms with E-state index in [1.807, 2.05) is 25.7 Å². The highest BCUT2D eigenvalue weighted by atomic mass is 16.5. The number of carbonyl (C=O) groups is 1. The number of carbonyl (C=O) groups excluding carboxylic acids is 1. The molecular formula is C13H26N2O2. The van der Waals surface area contributed by atoms with E-state index in [9.17, 15) is 4.79 Å². The molecule has 0 aromatic heterocycles. The summed E-state index contributed by atoms with van der Waals surface area (Å²) in [5.41, 5.74) is 5.85. The van der Waals surface area contributed by atoms with Gasteiger partial charge in [0.2, 0.25) is 5.91 Å². The number of ether oxygens (including phenoxy) is 1. The van der Waals surface area contributed by atoms with E-state index in [-0.39, 0.29) is 11.3 Å². The van der Waals surface area contributed by atoms with E-state index in [0.717, 1.165) is 32.5 Å². The molecule has 4 nitrogen and oxygen atoms in total. The second-order valence-corrected chi connectivity index (χ2v) is 6.09. The smallest absolute Gasteiger partial charge is 0.240 e. The Kier molecular flexibility index (Phi) is 4.95. The highest BCUT2D eigenvalue weighted by Gasteiger charge is 2.33. The molecule has 1 rings (SSSR count). The van der Waals surface area contributed by atoms with Gasteiger partial charge >= 0.3 is 0 Å². The van der Waals surface area contributed by atoms with Crippen molar-refractivity contribution in [1.82, 2.24) is 4.90 Å². The zero-order valence-corrected chi connectivity index (χ0v) is 11.5. The number of likely N-dealkylation sites (tertiary alicyclic amines) is 1. The Hall–Kier alpha value is -0.610. The van der Waals surface area contributed by atoms with Gasteiger partial charge in [0.15, 0.2) is 0 Å². The monoisotopic (exact) mass is 242 g/mol. The molecule has 2 N–H and O–H groups in total. The van der Waals surface area contributed by atoms with E-state index in [0.29, 0.717) is 5.92 Å². The summed E-state index contributed by atoms with van der Waals surface area (Å²) in [7, 11) is 1.71. The number of hydrogen-bond donors (Lipinski definition) is 1. The van der Waals surface area contributed by atoms with Gasteiger partial charge in [-0.05, 0) is 24.2 Å². The van der Waals surface area contributed by atoms with Crippen molar-refractivity contribution in [2.45, 2.75) is 39.7 Å². The van der Waals surface area contributed by atoms with Crippen LogP contribution in [0.3, 0.4) is 0 Å². The first-order chi connectivity index (χ1) is 7.86. The van der Waals surface area contributed by atoms with Crippen LogP contribution in [0, 0.1) is 11.3 Å². The summed E-state index contributed by atoms with van der Waals surface area (Å²) >= 11 is 0. The van der Waals surface area contributed by atoms with Crippen molar-refractivity contribution in [3.8, 4) is 0 Å². The Morgan fingerprint density at radius 1 is 1.53 bits per heavy atom. The van der Waals surface area contributed by atoms with E-state index in [1.165, 1.54) is 0 Å². The van der Waals surface area contributed by atoms with Gasteiger partial charge in [-0.2, -0.15) is 0 Å². The maximum Gasteiger partial charge on any atom is 0.240 e. The number of methoxy groups -OCH3 is 1. The van der Waals surface area contributed by atoms with Crippen molar-refractivity contribution in [3.05, 3.63) is 0 Å². The average molecular weight is 242 g/mol. The second-order valence-electron chi connectivity index (χ2n) is 6.09. The molecule has 0 aromatic rings. The molecule has 0 aliphatic carbocycles. The van der Waals surface area contributed by atoms with Gasteiger partial charge < -0.3 is 15.4 Å². The minimum atomic E-state index is -0.413. The van der Waals surface area contributed by atoms with Crippen molar-refractivity contribution < 1.29 is 9.53 Å². The first-order valence-corrected chi connectivity index (χ1v) is 6.39. The van der Waals surface area contributed by atoms with Crippen LogP contribution in [0.5, 0.6) is 0 Å². The first-order valence-electron chi connectivity index (χ1n) is 6.39. The molecule has 17 heavy (non-hydrogen) atoms. The Bertz CT molecular complexity index is 259. The van der Waals surface area contributed by atoms with Gasteiger partial charge in [0.05, 0.1) is 12.6 Å². The molecule has 1 fully saturated rings. The fourth-order valence-electron chi connectivity index (χ4n) is 2.20. The molecule has 0 saturated carbocycles. The lowest BCUT2D eigenvalue weighted by Gasteiger charge is -2.37. The Morgan fingerprint density at radius 3 is 2.71 bits per heavy atom. The van der Waals surface area contributed by atoms with Crippen molar-refractivity contribution in [1.29, 1.82) is 0 Å². The summed E-state index contributed by atoms with van der Waals surface area (Å²) in [6.07, 6.45) is 2.19. The van der Waals surface area contributed by atoms with Gasteiger partial charge in [-0.15, -0.1) is 0 Å². The summed E-state index contributed by atoms with van der Waals surface area (Å²) in [5, 5.41) is 0. The maximum atomic E-state index is 12.3. The first kappa shape index (κ1) is 14.5. The molecule has 0 radical (unpaired) electrons. The van der Waals surface area contributed by atoms with Crippen LogP contribution in [-0.2, 0) is 9.53 Å². The lowest BCUT2D eigenvalue weighted by molar-refractivity contribution is -0.137. The minimum Gasteiger partial charge on any atom is -0.384 e. The van der Waals surface area contributed by atoms with E-state index < -0.39 is 6.04 Å². The molecular weight excluding hydrogens is 216 g/mol. The molecule has 0 spiro atoms. The van der Waals surface area contributed by atoms with Crippen LogP contribution in [0.4, 0.5) is 0 Å². The van der Waals surface area contributed by atoms with Crippen LogP contribution in [0.15, 0.2) is 0 Å². The lowest BCUT2D eigenvalue weighted by Crippen LogP contribution is -2.53. The summed E-state index contributed by atoms with van der Waals surface area (Å²) in [6, 6.07) is -0.413. The van der Waals surface area contributed by atoms with E-state index in [4.69, 9.17) is 10.5 Å². The fourth-order valence-corrected chi connectivity index (χ4v) is 2.20. The number of amides is 1. The van der Waals surface area contributed by atoms with Crippen molar-refractivity contribution in [2.75, 3.05) is 26.8 Å². The van der Waals surface area contributed by atoms with Gasteiger partial charge in [0.1, 0.15) is 0 Å². The number of piperidine rings is 1. The number of nitrogens with zero attached hydrogens (tertiary/aromatic N) is 1. The number of hydrogen-bond acceptors (Lipinski definition) is 3. The molecule has 1 heterocycles. The third-order valence-corrected chi connectivity index (χ3v) is 3.43. The van der Waals surface area contributed by atoms with Crippen molar-refractivity contribution >= 4 is 5.91 Å². The Morgan fingerprint density at radius 2 is 2.18 bits per heavy atom. The molecule has 1 amide bonds. The molecule has 0 aromatic carbocycles. The van der Waals surface area contributed by atoms with Crippen molar-refractivity contribution in [2.24, 2.45) is 17.1 Å². The zero-order chi connectivity index (χ0) is 13.1. The second kappa shape index (κ2) is 5.83. The van der Waals surface area contributed by atoms with Gasteiger partial charge in [-0.3, -0.25) is 4.79 Å². The number of rotatable bonds is 3. The van der Waals surface area contributed by atoms with E-state index in [2.05, 4.69) is 0 Å². The molecule has 0 unspecified atom stereocenters. The third kappa shape index (κ3) is 3.96. The maximum absolute atomic E-state index is 12.3. The fraction of sp³-hybridized carbons (Fsp3) is 0.923. The summed E-state index contributed by atoms with van der Waals surface area (Å²) < 4.78 is 5.17. The quantitative estimate of drug-likeness (QED) is 0.810. The van der Waals surface area contributed by atoms with Gasteiger partial charge in [-0.25, -0.2) is 0 Å². The van der Waals surface area contributed by atoms with Gasteiger partial charge in [0.25, 0.3) is 0 Å². The van der Waals surface area contributed by atoms with Crippen LogP contribution in [-0.4, -0.2) is 43.7 Å². The van der Waals surface area contributed by atoms with E-state index in [1.54, 1.807) is 7.11 Å². The Labute approximate surface area is 104 Å². The summed E-state index contributed by atoms with van der Waals surface area (Å²) in [5.74, 6) is 0.545.